The summed E-state index contributed by atoms with van der Waals surface area (Å²) in [7, 11) is 8.46. The number of aryl methyl sites for hydroxylation is 2. The third-order valence-electron chi connectivity index (χ3n) is 6.81. The normalized spacial score (nSPS) is 16.5. The Balaban J connectivity index is 1.97. The van der Waals surface area contributed by atoms with E-state index in [9.17, 15) is 14.7 Å². The number of Topliss-reactive ketones (excluding diaryl/α,β-unsaturated/α-hetero) is 1. The molecule has 8 heteroatoms. The van der Waals surface area contributed by atoms with Crippen LogP contribution in [-0.2, 0) is 9.59 Å². The van der Waals surface area contributed by atoms with E-state index in [1.165, 1.54) is 19.1 Å². The molecule has 0 aromatic heterocycles. The van der Waals surface area contributed by atoms with Crippen molar-refractivity contribution in [3.05, 3.63) is 82.4 Å². The molecule has 1 amide bonds. The summed E-state index contributed by atoms with van der Waals surface area (Å²) in [5.41, 5.74) is 4.05. The fourth-order valence-corrected chi connectivity index (χ4v) is 4.75. The molecule has 0 spiro atoms. The first-order valence-electron chi connectivity index (χ1n) is 12.1. The predicted molar refractivity (Wildman–Crippen MR) is 148 cm³/mol. The molecule has 1 N–H and O–H groups in total. The first-order valence-corrected chi connectivity index (χ1v) is 12.1. The Morgan fingerprint density at radius 3 is 2.03 bits per heavy atom. The van der Waals surface area contributed by atoms with Gasteiger partial charge in [0, 0.05) is 37.1 Å². The van der Waals surface area contributed by atoms with Crippen LogP contribution in [0.1, 0.15) is 28.3 Å². The van der Waals surface area contributed by atoms with Crippen LogP contribution < -0.4 is 24.0 Å². The van der Waals surface area contributed by atoms with E-state index >= 15 is 0 Å². The van der Waals surface area contributed by atoms with E-state index in [2.05, 4.69) is 0 Å². The first kappa shape index (κ1) is 26.6. The van der Waals surface area contributed by atoms with E-state index in [0.717, 1.165) is 11.3 Å². The number of methoxy groups -OCH3 is 3. The number of ketones is 1. The van der Waals surface area contributed by atoms with Crippen molar-refractivity contribution in [1.29, 1.82) is 0 Å². The molecule has 1 unspecified atom stereocenters. The predicted octanol–water partition coefficient (Wildman–Crippen LogP) is 5.02. The van der Waals surface area contributed by atoms with Gasteiger partial charge in [0.05, 0.1) is 32.9 Å². The highest BCUT2D eigenvalue weighted by Crippen LogP contribution is 2.45. The van der Waals surface area contributed by atoms with E-state index in [0.29, 0.717) is 39.6 Å². The summed E-state index contributed by atoms with van der Waals surface area (Å²) in [4.78, 5) is 30.5. The summed E-state index contributed by atoms with van der Waals surface area (Å²) < 4.78 is 16.2. The van der Waals surface area contributed by atoms with Crippen LogP contribution in [0.3, 0.4) is 0 Å². The molecule has 4 rings (SSSR count). The summed E-state index contributed by atoms with van der Waals surface area (Å²) in [6.45, 7) is 3.68. The van der Waals surface area contributed by atoms with E-state index < -0.39 is 17.7 Å². The highest BCUT2D eigenvalue weighted by Gasteiger charge is 2.47. The minimum Gasteiger partial charge on any atom is -0.507 e. The summed E-state index contributed by atoms with van der Waals surface area (Å²) >= 11 is 0. The van der Waals surface area contributed by atoms with Crippen molar-refractivity contribution in [2.75, 3.05) is 45.2 Å². The number of ether oxygens (including phenoxy) is 3. The van der Waals surface area contributed by atoms with Crippen LogP contribution in [0.2, 0.25) is 0 Å². The topological polar surface area (TPSA) is 88.5 Å². The summed E-state index contributed by atoms with van der Waals surface area (Å²) in [6, 6.07) is 15.2. The van der Waals surface area contributed by atoms with Gasteiger partial charge >= 0.3 is 0 Å². The van der Waals surface area contributed by atoms with Gasteiger partial charge in [-0.05, 0) is 66.9 Å². The Bertz CT molecular complexity index is 1430. The second-order valence-corrected chi connectivity index (χ2v) is 9.33. The number of aliphatic hydroxyl groups is 1. The number of amides is 1. The Hall–Kier alpha value is -4.46. The molecule has 0 saturated carbocycles. The largest absolute Gasteiger partial charge is 0.507 e. The second-order valence-electron chi connectivity index (χ2n) is 9.33. The number of aliphatic hydroxyl groups excluding tert-OH is 1. The molecule has 0 bridgehead atoms. The zero-order chi connectivity index (χ0) is 27.7. The highest BCUT2D eigenvalue weighted by molar-refractivity contribution is 6.51. The minimum absolute atomic E-state index is 0.00931. The number of nitrogens with zero attached hydrogens (tertiary/aromatic N) is 2. The molecule has 3 aromatic rings. The van der Waals surface area contributed by atoms with E-state index in [-0.39, 0.29) is 11.3 Å². The standard InChI is InChI=1S/C30H32N2O6/c1-17-15-24(37-6)18(2)14-22(17)28(33)26-27(19-8-10-20(11-9-19)31(3)4)32(30(35)29(26)34)21-12-13-23(36-5)25(16-21)38-7/h8-16,27,33H,1-7H3/b28-26+. The molecule has 1 aliphatic rings. The van der Waals surface area contributed by atoms with Crippen LogP contribution in [0.15, 0.2) is 60.2 Å². The van der Waals surface area contributed by atoms with Gasteiger partial charge in [0.25, 0.3) is 11.7 Å². The van der Waals surface area contributed by atoms with Gasteiger partial charge < -0.3 is 24.2 Å². The smallest absolute Gasteiger partial charge is 0.300 e. The van der Waals surface area contributed by atoms with E-state index in [1.807, 2.05) is 57.1 Å². The Kier molecular flexibility index (Phi) is 7.35. The monoisotopic (exact) mass is 516 g/mol. The Morgan fingerprint density at radius 1 is 0.816 bits per heavy atom. The van der Waals surface area contributed by atoms with Crippen LogP contribution >= 0.6 is 0 Å². The quantitative estimate of drug-likeness (QED) is 0.268. The Morgan fingerprint density at radius 2 is 1.45 bits per heavy atom. The number of rotatable bonds is 7. The zero-order valence-corrected chi connectivity index (χ0v) is 22.7. The summed E-state index contributed by atoms with van der Waals surface area (Å²) in [6.07, 6.45) is 0. The Labute approximate surface area is 222 Å². The van der Waals surface area contributed by atoms with Crippen molar-refractivity contribution in [1.82, 2.24) is 0 Å². The van der Waals surface area contributed by atoms with Crippen molar-refractivity contribution >= 4 is 28.8 Å². The molecule has 1 heterocycles. The number of hydrogen-bond acceptors (Lipinski definition) is 7. The third kappa shape index (κ3) is 4.53. The van der Waals surface area contributed by atoms with Crippen LogP contribution in [0.5, 0.6) is 17.2 Å². The van der Waals surface area contributed by atoms with E-state index in [4.69, 9.17) is 14.2 Å². The number of carbonyl (C=O) groups is 2. The lowest BCUT2D eigenvalue weighted by atomic mass is 9.92. The molecule has 1 aliphatic heterocycles. The molecule has 0 radical (unpaired) electrons. The van der Waals surface area contributed by atoms with Crippen molar-refractivity contribution in [2.45, 2.75) is 19.9 Å². The molecule has 1 saturated heterocycles. The number of hydrogen-bond donors (Lipinski definition) is 1. The molecular formula is C30H32N2O6. The molecule has 0 aliphatic carbocycles. The average Bonchev–Trinajstić information content (AvgIpc) is 3.18. The van der Waals surface area contributed by atoms with Gasteiger partial charge in [-0.15, -0.1) is 0 Å². The summed E-state index contributed by atoms with van der Waals surface area (Å²) in [5.74, 6) is -0.189. The van der Waals surface area contributed by atoms with Gasteiger partial charge in [0.15, 0.2) is 11.5 Å². The fraction of sp³-hybridized carbons (Fsp3) is 0.267. The van der Waals surface area contributed by atoms with Gasteiger partial charge in [0.2, 0.25) is 0 Å². The summed E-state index contributed by atoms with van der Waals surface area (Å²) in [5, 5.41) is 11.6. The van der Waals surface area contributed by atoms with Gasteiger partial charge in [-0.2, -0.15) is 0 Å². The van der Waals surface area contributed by atoms with Crippen molar-refractivity contribution in [2.24, 2.45) is 0 Å². The van der Waals surface area contributed by atoms with Gasteiger partial charge in [-0.25, -0.2) is 0 Å². The van der Waals surface area contributed by atoms with Gasteiger partial charge in [-0.1, -0.05) is 12.1 Å². The number of anilines is 2. The van der Waals surface area contributed by atoms with Gasteiger partial charge in [0.1, 0.15) is 11.5 Å². The minimum atomic E-state index is -0.869. The molecule has 8 nitrogen and oxygen atoms in total. The molecule has 38 heavy (non-hydrogen) atoms. The van der Waals surface area contributed by atoms with Crippen LogP contribution in [-0.4, -0.2) is 52.2 Å². The average molecular weight is 517 g/mol. The maximum atomic E-state index is 13.6. The number of benzene rings is 3. The molecular weight excluding hydrogens is 484 g/mol. The maximum Gasteiger partial charge on any atom is 0.300 e. The lowest BCUT2D eigenvalue weighted by molar-refractivity contribution is -0.132. The molecule has 3 aromatic carbocycles. The SMILES string of the molecule is COc1cc(C)c(/C(O)=C2\C(=O)C(=O)N(c3ccc(OC)c(OC)c3)C2c2ccc(N(C)C)cc2)cc1C. The fourth-order valence-electron chi connectivity index (χ4n) is 4.75. The second kappa shape index (κ2) is 10.5. The molecule has 1 atom stereocenters. The lowest BCUT2D eigenvalue weighted by Gasteiger charge is -2.26. The zero-order valence-electron chi connectivity index (χ0n) is 22.7. The van der Waals surface area contributed by atoms with Crippen LogP contribution in [0.4, 0.5) is 11.4 Å². The highest BCUT2D eigenvalue weighted by atomic mass is 16.5. The maximum absolute atomic E-state index is 13.6. The van der Waals surface area contributed by atoms with Gasteiger partial charge in [-0.3, -0.25) is 14.5 Å². The van der Waals surface area contributed by atoms with Crippen molar-refractivity contribution < 1.29 is 28.9 Å². The van der Waals surface area contributed by atoms with Crippen LogP contribution in [0, 0.1) is 13.8 Å². The van der Waals surface area contributed by atoms with Crippen LogP contribution in [0.25, 0.3) is 5.76 Å². The van der Waals surface area contributed by atoms with E-state index in [1.54, 1.807) is 37.4 Å². The molecule has 1 fully saturated rings. The third-order valence-corrected chi connectivity index (χ3v) is 6.81. The number of carbonyl (C=O) groups excluding carboxylic acids is 2. The van der Waals surface area contributed by atoms with Crippen molar-refractivity contribution in [3.8, 4) is 17.2 Å². The van der Waals surface area contributed by atoms with Crippen molar-refractivity contribution in [3.63, 3.8) is 0 Å². The first-order chi connectivity index (χ1) is 18.1. The lowest BCUT2D eigenvalue weighted by Crippen LogP contribution is -2.29. The molecule has 198 valence electrons.